The summed E-state index contributed by atoms with van der Waals surface area (Å²) >= 11 is 0. The van der Waals surface area contributed by atoms with E-state index in [1.54, 1.807) is 0 Å². The van der Waals surface area contributed by atoms with Crippen LogP contribution in [0.1, 0.15) is 54.7 Å². The van der Waals surface area contributed by atoms with E-state index in [0.29, 0.717) is 25.5 Å². The maximum atomic E-state index is 12.5. The highest BCUT2D eigenvalue weighted by atomic mass is 35.5. The Labute approximate surface area is 179 Å². The molecule has 0 radical (unpaired) electrons. The van der Waals surface area contributed by atoms with Gasteiger partial charge in [-0.05, 0) is 50.3 Å². The van der Waals surface area contributed by atoms with Crippen LogP contribution in [0.5, 0.6) is 5.75 Å². The first-order valence-corrected chi connectivity index (χ1v) is 10.2. The number of nitrogens with zero attached hydrogens (tertiary/aromatic N) is 1. The molecule has 0 saturated heterocycles. The van der Waals surface area contributed by atoms with E-state index in [1.807, 2.05) is 38.1 Å². The number of ether oxygens (including phenoxy) is 1. The summed E-state index contributed by atoms with van der Waals surface area (Å²) in [6.45, 7) is 4.70. The van der Waals surface area contributed by atoms with Crippen LogP contribution in [0.25, 0.3) is 0 Å². The lowest BCUT2D eigenvalue weighted by Gasteiger charge is -2.30. The minimum Gasteiger partial charge on any atom is -0.489 e. The summed E-state index contributed by atoms with van der Waals surface area (Å²) in [6.07, 6.45) is 6.47. The van der Waals surface area contributed by atoms with E-state index in [9.17, 15) is 4.79 Å². The lowest BCUT2D eigenvalue weighted by molar-refractivity contribution is -0.121. The number of amides is 1. The van der Waals surface area contributed by atoms with Crippen LogP contribution in [-0.4, -0.2) is 23.7 Å². The van der Waals surface area contributed by atoms with Crippen LogP contribution >= 0.6 is 12.4 Å². The Morgan fingerprint density at radius 1 is 1.24 bits per heavy atom. The Kier molecular flexibility index (Phi) is 8.99. The molecule has 3 rings (SSSR count). The number of hydrogen-bond acceptors (Lipinski definition) is 5. The summed E-state index contributed by atoms with van der Waals surface area (Å²) in [5.74, 6) is 2.08. The topological polar surface area (TPSA) is 90.4 Å². The molecule has 2 aromatic rings. The number of hydrogen-bond donors (Lipinski definition) is 2. The van der Waals surface area contributed by atoms with Crippen molar-refractivity contribution in [3.63, 3.8) is 0 Å². The highest BCUT2D eigenvalue weighted by molar-refractivity contribution is 5.85. The Morgan fingerprint density at radius 3 is 2.52 bits per heavy atom. The third-order valence-corrected chi connectivity index (χ3v) is 5.67. The first kappa shape index (κ1) is 23.2. The van der Waals surface area contributed by atoms with Crippen LogP contribution in [0, 0.1) is 19.8 Å². The molecule has 160 valence electrons. The number of aromatic nitrogens is 1. The van der Waals surface area contributed by atoms with Gasteiger partial charge < -0.3 is 20.3 Å². The van der Waals surface area contributed by atoms with Crippen molar-refractivity contribution < 1.29 is 14.1 Å². The van der Waals surface area contributed by atoms with Crippen molar-refractivity contribution in [1.29, 1.82) is 0 Å². The molecule has 1 aliphatic carbocycles. The first-order valence-electron chi connectivity index (χ1n) is 10.2. The first-order chi connectivity index (χ1) is 13.6. The third kappa shape index (κ3) is 6.47. The fraction of sp³-hybridized carbons (Fsp3) is 0.545. The standard InChI is InChI=1S/C22H31N3O3.ClH/c1-15-20(16(2)28-25-15)14-27-19-10-8-17(9-11-19)12-22(26)24-21(13-23)18-6-4-3-5-7-18;/h8-11,18,21H,3-7,12-14,23H2,1-2H3,(H,24,26);1H. The number of halogens is 1. The van der Waals surface area contributed by atoms with E-state index in [2.05, 4.69) is 10.5 Å². The smallest absolute Gasteiger partial charge is 0.224 e. The number of carbonyl (C=O) groups is 1. The van der Waals surface area contributed by atoms with Crippen LogP contribution in [0.15, 0.2) is 28.8 Å². The van der Waals surface area contributed by atoms with Crippen molar-refractivity contribution in [2.45, 2.75) is 65.0 Å². The van der Waals surface area contributed by atoms with Gasteiger partial charge in [0.15, 0.2) is 0 Å². The predicted molar refractivity (Wildman–Crippen MR) is 115 cm³/mol. The molecule has 0 bridgehead atoms. The molecule has 1 aliphatic rings. The molecule has 0 aliphatic heterocycles. The van der Waals surface area contributed by atoms with Crippen LogP contribution in [0.3, 0.4) is 0 Å². The normalized spacial score (nSPS) is 15.4. The minimum atomic E-state index is 0. The van der Waals surface area contributed by atoms with Crippen molar-refractivity contribution in [3.8, 4) is 5.75 Å². The van der Waals surface area contributed by atoms with Gasteiger partial charge in [0.1, 0.15) is 18.1 Å². The van der Waals surface area contributed by atoms with Crippen molar-refractivity contribution in [3.05, 3.63) is 46.8 Å². The third-order valence-electron chi connectivity index (χ3n) is 5.67. The second-order valence-electron chi connectivity index (χ2n) is 7.72. The summed E-state index contributed by atoms with van der Waals surface area (Å²) in [7, 11) is 0. The van der Waals surface area contributed by atoms with E-state index < -0.39 is 0 Å². The second-order valence-corrected chi connectivity index (χ2v) is 7.72. The highest BCUT2D eigenvalue weighted by Crippen LogP contribution is 2.26. The number of aryl methyl sites for hydroxylation is 2. The SMILES string of the molecule is Cc1noc(C)c1COc1ccc(CC(=O)NC(CN)C2CCCCC2)cc1.Cl. The summed E-state index contributed by atoms with van der Waals surface area (Å²) < 4.78 is 11.0. The molecule has 1 amide bonds. The fourth-order valence-electron chi connectivity index (χ4n) is 3.92. The molecule has 1 atom stereocenters. The number of benzene rings is 1. The second kappa shape index (κ2) is 11.2. The molecule has 1 unspecified atom stereocenters. The molecule has 1 saturated carbocycles. The van der Waals surface area contributed by atoms with Crippen LogP contribution in [0.2, 0.25) is 0 Å². The molecule has 0 spiro atoms. The van der Waals surface area contributed by atoms with E-state index in [1.165, 1.54) is 32.1 Å². The monoisotopic (exact) mass is 421 g/mol. The zero-order valence-corrected chi connectivity index (χ0v) is 18.1. The molecule has 7 heteroatoms. The van der Waals surface area contributed by atoms with E-state index in [0.717, 1.165) is 28.3 Å². The molecule has 3 N–H and O–H groups in total. The van der Waals surface area contributed by atoms with Crippen molar-refractivity contribution >= 4 is 18.3 Å². The molecular weight excluding hydrogens is 390 g/mol. The zero-order valence-electron chi connectivity index (χ0n) is 17.3. The quantitative estimate of drug-likeness (QED) is 0.675. The summed E-state index contributed by atoms with van der Waals surface area (Å²) in [6, 6.07) is 7.73. The van der Waals surface area contributed by atoms with E-state index in [4.69, 9.17) is 15.0 Å². The number of nitrogens with one attached hydrogen (secondary N) is 1. The van der Waals surface area contributed by atoms with E-state index >= 15 is 0 Å². The van der Waals surface area contributed by atoms with E-state index in [-0.39, 0.29) is 24.4 Å². The van der Waals surface area contributed by atoms with Gasteiger partial charge in [0, 0.05) is 12.6 Å². The summed E-state index contributed by atoms with van der Waals surface area (Å²) in [5.41, 5.74) is 8.69. The highest BCUT2D eigenvalue weighted by Gasteiger charge is 2.23. The number of carbonyl (C=O) groups excluding carboxylic acids is 1. The largest absolute Gasteiger partial charge is 0.489 e. The van der Waals surface area contributed by atoms with Gasteiger partial charge in [0.05, 0.1) is 17.7 Å². The molecule has 29 heavy (non-hydrogen) atoms. The van der Waals surface area contributed by atoms with Crippen molar-refractivity contribution in [2.24, 2.45) is 11.7 Å². The molecule has 1 aromatic heterocycles. The Hall–Kier alpha value is -2.05. The zero-order chi connectivity index (χ0) is 19.9. The summed E-state index contributed by atoms with van der Waals surface area (Å²) in [4.78, 5) is 12.5. The minimum absolute atomic E-state index is 0. The van der Waals surface area contributed by atoms with Gasteiger partial charge in [-0.15, -0.1) is 12.4 Å². The Bertz CT molecular complexity index is 751. The van der Waals surface area contributed by atoms with Gasteiger partial charge in [0.25, 0.3) is 0 Å². The fourth-order valence-corrected chi connectivity index (χ4v) is 3.92. The maximum absolute atomic E-state index is 12.5. The van der Waals surface area contributed by atoms with Gasteiger partial charge in [-0.25, -0.2) is 0 Å². The van der Waals surface area contributed by atoms with Crippen LogP contribution in [0.4, 0.5) is 0 Å². The van der Waals surface area contributed by atoms with Gasteiger partial charge in [-0.2, -0.15) is 0 Å². The van der Waals surface area contributed by atoms with Crippen LogP contribution in [-0.2, 0) is 17.8 Å². The molecule has 1 heterocycles. The Balaban J connectivity index is 0.00000300. The van der Waals surface area contributed by atoms with Crippen molar-refractivity contribution in [1.82, 2.24) is 10.5 Å². The number of rotatable bonds is 8. The van der Waals surface area contributed by atoms with Gasteiger partial charge in [-0.1, -0.05) is 36.6 Å². The molecule has 1 fully saturated rings. The van der Waals surface area contributed by atoms with Crippen molar-refractivity contribution in [2.75, 3.05) is 6.54 Å². The lowest BCUT2D eigenvalue weighted by atomic mass is 9.84. The molecular formula is C22H32ClN3O3. The average molecular weight is 422 g/mol. The lowest BCUT2D eigenvalue weighted by Crippen LogP contribution is -2.46. The predicted octanol–water partition coefficient (Wildman–Crippen LogP) is 3.86. The van der Waals surface area contributed by atoms with Gasteiger partial charge in [0.2, 0.25) is 5.91 Å². The van der Waals surface area contributed by atoms with Gasteiger partial charge in [-0.3, -0.25) is 4.79 Å². The maximum Gasteiger partial charge on any atom is 0.224 e. The number of nitrogens with two attached hydrogens (primary N) is 1. The average Bonchev–Trinajstić information content (AvgIpc) is 3.04. The molecule has 6 nitrogen and oxygen atoms in total. The Morgan fingerprint density at radius 2 is 1.93 bits per heavy atom. The van der Waals surface area contributed by atoms with Gasteiger partial charge >= 0.3 is 0 Å². The summed E-state index contributed by atoms with van der Waals surface area (Å²) in [5, 5.41) is 7.07. The van der Waals surface area contributed by atoms with Crippen LogP contribution < -0.4 is 15.8 Å². The molecule has 1 aromatic carbocycles.